The fraction of sp³-hybridized carbons (Fsp3) is 0.706. The molecule has 0 aromatic heterocycles. The van der Waals surface area contributed by atoms with Crippen LogP contribution in [0, 0.1) is 5.92 Å². The monoisotopic (exact) mass is 274 g/mol. The van der Waals surface area contributed by atoms with Crippen molar-refractivity contribution in [3.05, 3.63) is 22.8 Å². The van der Waals surface area contributed by atoms with Crippen molar-refractivity contribution < 1.29 is 4.79 Å². The molecule has 1 aliphatic heterocycles. The van der Waals surface area contributed by atoms with E-state index in [0.29, 0.717) is 5.91 Å². The summed E-state index contributed by atoms with van der Waals surface area (Å²) in [6, 6.07) is 0. The van der Waals surface area contributed by atoms with E-state index in [1.807, 2.05) is 4.90 Å². The smallest absolute Gasteiger partial charge is 0.250 e. The molecule has 1 atom stereocenters. The lowest BCUT2D eigenvalue weighted by atomic mass is 9.82. The van der Waals surface area contributed by atoms with Gasteiger partial charge in [-0.15, -0.1) is 0 Å². The molecule has 0 bridgehead atoms. The molecule has 1 saturated heterocycles. The van der Waals surface area contributed by atoms with Crippen LogP contribution in [0.1, 0.15) is 39.0 Å². The van der Waals surface area contributed by atoms with E-state index in [1.165, 1.54) is 31.3 Å². The Bertz CT molecular complexity index is 456. The lowest BCUT2D eigenvalue weighted by Crippen LogP contribution is -2.47. The third-order valence-corrected chi connectivity index (χ3v) is 5.19. The van der Waals surface area contributed by atoms with Gasteiger partial charge in [-0.2, -0.15) is 0 Å². The fourth-order valence-corrected chi connectivity index (χ4v) is 3.83. The van der Waals surface area contributed by atoms with Crippen molar-refractivity contribution in [2.45, 2.75) is 39.0 Å². The molecule has 3 nitrogen and oxygen atoms in total. The number of carbonyl (C=O) groups is 1. The van der Waals surface area contributed by atoms with Crippen molar-refractivity contribution in [3.8, 4) is 0 Å². The predicted octanol–water partition coefficient (Wildman–Crippen LogP) is 2.60. The number of piperazine rings is 1. The molecule has 1 heterocycles. The summed E-state index contributed by atoms with van der Waals surface area (Å²) in [5.74, 6) is 1.02. The normalized spacial score (nSPS) is 27.6. The number of hydrogen-bond donors (Lipinski definition) is 0. The Morgan fingerprint density at radius 3 is 2.75 bits per heavy atom. The Balaban J connectivity index is 1.67. The first-order valence-electron chi connectivity index (χ1n) is 8.09. The number of likely N-dealkylation sites (N-methyl/N-ethyl adjacent to an activating group) is 1. The van der Waals surface area contributed by atoms with Gasteiger partial charge in [-0.1, -0.05) is 18.6 Å². The molecule has 0 saturated carbocycles. The molecule has 20 heavy (non-hydrogen) atoms. The van der Waals surface area contributed by atoms with Gasteiger partial charge in [0.15, 0.2) is 0 Å². The van der Waals surface area contributed by atoms with Crippen LogP contribution in [0.3, 0.4) is 0 Å². The third kappa shape index (κ3) is 2.56. The average Bonchev–Trinajstić information content (AvgIpc) is 2.91. The molecule has 0 aromatic rings. The number of amides is 1. The van der Waals surface area contributed by atoms with Gasteiger partial charge in [0.05, 0.1) is 0 Å². The molecule has 2 aliphatic carbocycles. The van der Waals surface area contributed by atoms with E-state index in [-0.39, 0.29) is 0 Å². The first kappa shape index (κ1) is 13.9. The molecule has 1 unspecified atom stereocenters. The minimum absolute atomic E-state index is 0.294. The highest BCUT2D eigenvalue weighted by atomic mass is 16.2. The first-order valence-corrected chi connectivity index (χ1v) is 8.09. The molecule has 3 rings (SSSR count). The van der Waals surface area contributed by atoms with Crippen LogP contribution in [-0.4, -0.2) is 48.9 Å². The van der Waals surface area contributed by atoms with Gasteiger partial charge in [-0.05, 0) is 50.6 Å². The molecule has 0 aromatic carbocycles. The van der Waals surface area contributed by atoms with E-state index >= 15 is 0 Å². The maximum Gasteiger partial charge on any atom is 0.250 e. The summed E-state index contributed by atoms with van der Waals surface area (Å²) >= 11 is 0. The zero-order valence-corrected chi connectivity index (χ0v) is 12.8. The molecular weight excluding hydrogens is 248 g/mol. The minimum Gasteiger partial charge on any atom is -0.336 e. The Hall–Kier alpha value is -1.09. The summed E-state index contributed by atoms with van der Waals surface area (Å²) in [7, 11) is 2.13. The Labute approximate surface area is 122 Å². The molecule has 0 N–H and O–H groups in total. The molecule has 3 aliphatic rings. The molecular formula is C17H26N2O. The lowest BCUT2D eigenvalue weighted by Gasteiger charge is -2.32. The van der Waals surface area contributed by atoms with Crippen molar-refractivity contribution in [3.63, 3.8) is 0 Å². The van der Waals surface area contributed by atoms with Crippen molar-refractivity contribution in [1.29, 1.82) is 0 Å². The highest BCUT2D eigenvalue weighted by molar-refractivity contribution is 5.95. The number of rotatable bonds is 2. The fourth-order valence-electron chi connectivity index (χ4n) is 3.83. The van der Waals surface area contributed by atoms with Crippen LogP contribution in [0.25, 0.3) is 0 Å². The van der Waals surface area contributed by atoms with Crippen LogP contribution in [0.2, 0.25) is 0 Å². The number of hydrogen-bond acceptors (Lipinski definition) is 2. The minimum atomic E-state index is 0.294. The van der Waals surface area contributed by atoms with Gasteiger partial charge in [0.1, 0.15) is 0 Å². The number of carbonyl (C=O) groups excluding carboxylic acids is 1. The summed E-state index contributed by atoms with van der Waals surface area (Å²) in [4.78, 5) is 17.0. The van der Waals surface area contributed by atoms with Gasteiger partial charge in [-0.25, -0.2) is 0 Å². The van der Waals surface area contributed by atoms with E-state index in [0.717, 1.165) is 44.1 Å². The van der Waals surface area contributed by atoms with E-state index in [1.54, 1.807) is 5.57 Å². The van der Waals surface area contributed by atoms with Crippen molar-refractivity contribution in [2.75, 3.05) is 33.2 Å². The highest BCUT2D eigenvalue weighted by Crippen LogP contribution is 2.41. The largest absolute Gasteiger partial charge is 0.336 e. The SMILES string of the molecule is CCC1CCCC2=C1CC(C(=O)N1CCN(C)CC1)=C2. The van der Waals surface area contributed by atoms with Crippen LogP contribution in [0.5, 0.6) is 0 Å². The Morgan fingerprint density at radius 2 is 2.05 bits per heavy atom. The van der Waals surface area contributed by atoms with Gasteiger partial charge in [0.25, 0.3) is 0 Å². The summed E-state index contributed by atoms with van der Waals surface area (Å²) in [6.07, 6.45) is 8.17. The highest BCUT2D eigenvalue weighted by Gasteiger charge is 2.30. The van der Waals surface area contributed by atoms with Gasteiger partial charge in [0, 0.05) is 31.8 Å². The third-order valence-electron chi connectivity index (χ3n) is 5.19. The number of allylic oxidation sites excluding steroid dienone is 3. The van der Waals surface area contributed by atoms with Crippen LogP contribution < -0.4 is 0 Å². The molecule has 3 heteroatoms. The van der Waals surface area contributed by atoms with Crippen molar-refractivity contribution in [2.24, 2.45) is 5.92 Å². The summed E-state index contributed by atoms with van der Waals surface area (Å²) < 4.78 is 0. The van der Waals surface area contributed by atoms with Crippen LogP contribution in [0.4, 0.5) is 0 Å². The lowest BCUT2D eigenvalue weighted by molar-refractivity contribution is -0.128. The van der Waals surface area contributed by atoms with Crippen LogP contribution in [0.15, 0.2) is 22.8 Å². The van der Waals surface area contributed by atoms with Crippen molar-refractivity contribution in [1.82, 2.24) is 9.80 Å². The average molecular weight is 274 g/mol. The zero-order valence-electron chi connectivity index (χ0n) is 12.8. The summed E-state index contributed by atoms with van der Waals surface area (Å²) in [5.41, 5.74) is 4.12. The van der Waals surface area contributed by atoms with E-state index in [4.69, 9.17) is 0 Å². The van der Waals surface area contributed by atoms with Gasteiger partial charge < -0.3 is 9.80 Å². The Kier molecular flexibility index (Phi) is 3.97. The van der Waals surface area contributed by atoms with Crippen LogP contribution >= 0.6 is 0 Å². The zero-order chi connectivity index (χ0) is 14.1. The second-order valence-corrected chi connectivity index (χ2v) is 6.49. The standard InChI is InChI=1S/C17H26N2O/c1-3-13-5-4-6-14-11-15(12-16(13)14)17(20)19-9-7-18(2)8-10-19/h11,13H,3-10,12H2,1-2H3. The summed E-state index contributed by atoms with van der Waals surface area (Å²) in [5, 5.41) is 0. The molecule has 0 spiro atoms. The summed E-state index contributed by atoms with van der Waals surface area (Å²) in [6.45, 7) is 6.05. The van der Waals surface area contributed by atoms with E-state index < -0.39 is 0 Å². The van der Waals surface area contributed by atoms with E-state index in [9.17, 15) is 4.79 Å². The second-order valence-electron chi connectivity index (χ2n) is 6.49. The quantitative estimate of drug-likeness (QED) is 0.773. The first-order chi connectivity index (χ1) is 9.69. The van der Waals surface area contributed by atoms with Crippen molar-refractivity contribution >= 4 is 5.91 Å². The second kappa shape index (κ2) is 5.72. The molecule has 0 radical (unpaired) electrons. The topological polar surface area (TPSA) is 23.6 Å². The number of nitrogens with zero attached hydrogens (tertiary/aromatic N) is 2. The van der Waals surface area contributed by atoms with Gasteiger partial charge in [0.2, 0.25) is 5.91 Å². The Morgan fingerprint density at radius 1 is 1.30 bits per heavy atom. The molecule has 1 fully saturated rings. The maximum atomic E-state index is 12.7. The van der Waals surface area contributed by atoms with E-state index in [2.05, 4.69) is 24.9 Å². The van der Waals surface area contributed by atoms with Crippen LogP contribution in [-0.2, 0) is 4.79 Å². The van der Waals surface area contributed by atoms with Gasteiger partial charge >= 0.3 is 0 Å². The van der Waals surface area contributed by atoms with Gasteiger partial charge in [-0.3, -0.25) is 4.79 Å². The molecule has 110 valence electrons. The maximum absolute atomic E-state index is 12.7. The molecule has 1 amide bonds. The predicted molar refractivity (Wildman–Crippen MR) is 81.4 cm³/mol.